The smallest absolute Gasteiger partial charge is 0.261 e. The average molecular weight is 328 g/mol. The number of benzene rings is 2. The molecule has 2 aromatic carbocycles. The maximum Gasteiger partial charge on any atom is 0.261 e. The van der Waals surface area contributed by atoms with E-state index in [1.807, 2.05) is 0 Å². The molecule has 0 aliphatic carbocycles. The van der Waals surface area contributed by atoms with E-state index in [1.54, 1.807) is 0 Å². The Kier molecular flexibility index (Phi) is 4.29. The van der Waals surface area contributed by atoms with Gasteiger partial charge in [0.25, 0.3) is 10.0 Å². The molecule has 0 fully saturated rings. The molecular formula is C14H11ClFNO3S. The Morgan fingerprint density at radius 2 is 1.90 bits per heavy atom. The molecule has 110 valence electrons. The monoisotopic (exact) mass is 327 g/mol. The summed E-state index contributed by atoms with van der Waals surface area (Å²) in [4.78, 5) is 11.2. The highest BCUT2D eigenvalue weighted by molar-refractivity contribution is 7.92. The van der Waals surface area contributed by atoms with Gasteiger partial charge in [0.05, 0.1) is 15.6 Å². The zero-order chi connectivity index (χ0) is 15.6. The maximum atomic E-state index is 13.0. The van der Waals surface area contributed by atoms with Crippen LogP contribution in [0.1, 0.15) is 17.3 Å². The predicted octanol–water partition coefficient (Wildman–Crippen LogP) is 3.48. The van der Waals surface area contributed by atoms with Gasteiger partial charge in [0.15, 0.2) is 5.78 Å². The van der Waals surface area contributed by atoms with Gasteiger partial charge in [0.2, 0.25) is 0 Å². The molecule has 0 unspecified atom stereocenters. The lowest BCUT2D eigenvalue weighted by Gasteiger charge is -2.09. The van der Waals surface area contributed by atoms with E-state index in [9.17, 15) is 17.6 Å². The van der Waals surface area contributed by atoms with Crippen LogP contribution in [0.15, 0.2) is 47.4 Å². The van der Waals surface area contributed by atoms with Crippen LogP contribution in [0, 0.1) is 5.82 Å². The van der Waals surface area contributed by atoms with Crippen molar-refractivity contribution in [1.29, 1.82) is 0 Å². The standard InChI is InChI=1S/C14H11ClFNO3S/c1-9(18)10-3-2-4-12(7-10)21(19,20)17-11-5-6-14(16)13(15)8-11/h2-8,17H,1H3. The molecule has 0 radical (unpaired) electrons. The van der Waals surface area contributed by atoms with Gasteiger partial charge in [0.1, 0.15) is 5.82 Å². The number of hydrogen-bond acceptors (Lipinski definition) is 3. The van der Waals surface area contributed by atoms with E-state index in [0.29, 0.717) is 0 Å². The fourth-order valence-corrected chi connectivity index (χ4v) is 2.93. The van der Waals surface area contributed by atoms with Gasteiger partial charge in [-0.2, -0.15) is 0 Å². The van der Waals surface area contributed by atoms with E-state index in [2.05, 4.69) is 4.72 Å². The lowest BCUT2D eigenvalue weighted by Crippen LogP contribution is -2.13. The Hall–Kier alpha value is -1.92. The molecule has 0 aliphatic heterocycles. The van der Waals surface area contributed by atoms with Crippen molar-refractivity contribution >= 4 is 33.1 Å². The van der Waals surface area contributed by atoms with Crippen LogP contribution in [-0.4, -0.2) is 14.2 Å². The van der Waals surface area contributed by atoms with Crippen LogP contribution >= 0.6 is 11.6 Å². The van der Waals surface area contributed by atoms with Crippen LogP contribution in [-0.2, 0) is 10.0 Å². The van der Waals surface area contributed by atoms with Gasteiger partial charge in [-0.15, -0.1) is 0 Å². The first kappa shape index (κ1) is 15.5. The third kappa shape index (κ3) is 3.59. The molecule has 0 aliphatic rings. The van der Waals surface area contributed by atoms with Crippen LogP contribution in [0.5, 0.6) is 0 Å². The molecule has 2 rings (SSSR count). The molecule has 0 bridgehead atoms. The van der Waals surface area contributed by atoms with Gasteiger partial charge in [-0.3, -0.25) is 9.52 Å². The molecule has 0 spiro atoms. The SMILES string of the molecule is CC(=O)c1cccc(S(=O)(=O)Nc2ccc(F)c(Cl)c2)c1. The van der Waals surface area contributed by atoms with Crippen LogP contribution in [0.4, 0.5) is 10.1 Å². The van der Waals surface area contributed by atoms with Crippen molar-refractivity contribution in [3.8, 4) is 0 Å². The highest BCUT2D eigenvalue weighted by atomic mass is 35.5. The van der Waals surface area contributed by atoms with E-state index in [1.165, 1.54) is 43.3 Å². The molecule has 0 amide bonds. The zero-order valence-corrected chi connectivity index (χ0v) is 12.5. The molecule has 7 heteroatoms. The number of carbonyl (C=O) groups excluding carboxylic acids is 1. The number of anilines is 1. The summed E-state index contributed by atoms with van der Waals surface area (Å²) in [7, 11) is -3.88. The summed E-state index contributed by atoms with van der Waals surface area (Å²) in [6.45, 7) is 1.35. The number of halogens is 2. The number of carbonyl (C=O) groups is 1. The second-order valence-electron chi connectivity index (χ2n) is 4.32. The summed E-state index contributed by atoms with van der Waals surface area (Å²) in [5, 5.41) is -0.187. The van der Waals surface area contributed by atoms with E-state index in [0.717, 1.165) is 6.07 Å². The minimum absolute atomic E-state index is 0.0596. The fourth-order valence-electron chi connectivity index (χ4n) is 1.66. The molecule has 4 nitrogen and oxygen atoms in total. The Morgan fingerprint density at radius 1 is 1.19 bits per heavy atom. The lowest BCUT2D eigenvalue weighted by molar-refractivity contribution is 0.101. The maximum absolute atomic E-state index is 13.0. The van der Waals surface area contributed by atoms with Crippen molar-refractivity contribution in [2.75, 3.05) is 4.72 Å². The van der Waals surface area contributed by atoms with E-state index < -0.39 is 15.8 Å². The third-order valence-electron chi connectivity index (χ3n) is 2.72. The lowest BCUT2D eigenvalue weighted by atomic mass is 10.2. The van der Waals surface area contributed by atoms with Crippen LogP contribution in [0.25, 0.3) is 0 Å². The number of sulfonamides is 1. The largest absolute Gasteiger partial charge is 0.295 e. The molecule has 0 atom stereocenters. The average Bonchev–Trinajstić information content (AvgIpc) is 2.43. The van der Waals surface area contributed by atoms with E-state index >= 15 is 0 Å². The Labute approximate surface area is 126 Å². The van der Waals surface area contributed by atoms with E-state index in [4.69, 9.17) is 11.6 Å². The summed E-state index contributed by atoms with van der Waals surface area (Å²) < 4.78 is 39.8. The van der Waals surface area contributed by atoms with Gasteiger partial charge in [-0.05, 0) is 37.3 Å². The van der Waals surface area contributed by atoms with Gasteiger partial charge in [-0.25, -0.2) is 12.8 Å². The first-order valence-corrected chi connectivity index (χ1v) is 7.74. The van der Waals surface area contributed by atoms with Crippen molar-refractivity contribution in [3.05, 3.63) is 58.9 Å². The van der Waals surface area contributed by atoms with E-state index in [-0.39, 0.29) is 27.0 Å². The van der Waals surface area contributed by atoms with Crippen LogP contribution in [0.2, 0.25) is 5.02 Å². The molecule has 2 aromatic rings. The summed E-state index contributed by atoms with van der Waals surface area (Å²) in [5.41, 5.74) is 0.421. The molecule has 0 heterocycles. The summed E-state index contributed by atoms with van der Waals surface area (Å²) in [6.07, 6.45) is 0. The first-order chi connectivity index (χ1) is 9.79. The van der Waals surface area contributed by atoms with Crippen molar-refractivity contribution in [2.24, 2.45) is 0 Å². The minimum atomic E-state index is -3.88. The molecule has 21 heavy (non-hydrogen) atoms. The van der Waals surface area contributed by atoms with Crippen molar-refractivity contribution < 1.29 is 17.6 Å². The summed E-state index contributed by atoms with van der Waals surface area (Å²) in [6, 6.07) is 9.12. The van der Waals surface area contributed by atoms with Crippen LogP contribution < -0.4 is 4.72 Å². The number of rotatable bonds is 4. The second-order valence-corrected chi connectivity index (χ2v) is 6.41. The Balaban J connectivity index is 2.36. The quantitative estimate of drug-likeness (QED) is 0.874. The third-order valence-corrected chi connectivity index (χ3v) is 4.39. The topological polar surface area (TPSA) is 63.2 Å². The summed E-state index contributed by atoms with van der Waals surface area (Å²) in [5.74, 6) is -0.880. The van der Waals surface area contributed by atoms with Gasteiger partial charge in [0, 0.05) is 5.56 Å². The Bertz CT molecular complexity index is 806. The van der Waals surface area contributed by atoms with Crippen LogP contribution in [0.3, 0.4) is 0 Å². The highest BCUT2D eigenvalue weighted by Crippen LogP contribution is 2.22. The summed E-state index contributed by atoms with van der Waals surface area (Å²) >= 11 is 5.60. The number of nitrogens with one attached hydrogen (secondary N) is 1. The zero-order valence-electron chi connectivity index (χ0n) is 10.9. The highest BCUT2D eigenvalue weighted by Gasteiger charge is 2.16. The molecular weight excluding hydrogens is 317 g/mol. The number of hydrogen-bond donors (Lipinski definition) is 1. The van der Waals surface area contributed by atoms with Gasteiger partial charge < -0.3 is 0 Å². The Morgan fingerprint density at radius 3 is 2.52 bits per heavy atom. The molecule has 0 saturated carbocycles. The molecule has 0 aromatic heterocycles. The van der Waals surface area contributed by atoms with Gasteiger partial charge >= 0.3 is 0 Å². The van der Waals surface area contributed by atoms with Crippen molar-refractivity contribution in [1.82, 2.24) is 0 Å². The minimum Gasteiger partial charge on any atom is -0.295 e. The van der Waals surface area contributed by atoms with Crippen molar-refractivity contribution in [3.63, 3.8) is 0 Å². The normalized spacial score (nSPS) is 11.2. The fraction of sp³-hybridized carbons (Fsp3) is 0.0714. The molecule has 1 N–H and O–H groups in total. The second kappa shape index (κ2) is 5.83. The number of Topliss-reactive ketones (excluding diaryl/α,β-unsaturated/α-hetero) is 1. The number of ketones is 1. The predicted molar refractivity (Wildman–Crippen MR) is 78.7 cm³/mol. The molecule has 0 saturated heterocycles. The van der Waals surface area contributed by atoms with Crippen molar-refractivity contribution in [2.45, 2.75) is 11.8 Å². The first-order valence-electron chi connectivity index (χ1n) is 5.88. The van der Waals surface area contributed by atoms with Gasteiger partial charge in [-0.1, -0.05) is 23.7 Å².